The van der Waals surface area contributed by atoms with Crippen LogP contribution in [-0.2, 0) is 0 Å². The number of rotatable bonds is 5. The average Bonchev–Trinajstić information content (AvgIpc) is 3.51. The van der Waals surface area contributed by atoms with E-state index < -0.39 is 5.91 Å². The van der Waals surface area contributed by atoms with Gasteiger partial charge in [0.25, 0.3) is 0 Å². The molecule has 2 aromatic carbocycles. The number of carbonyl (C=O) groups excluding carboxylic acids is 1. The standard InChI is InChI=1S/C19H12ClN7O2S/c20-15-12-8-23-25-13(12)1-2-14(15)24-19-27-26-18(30-19)11-6-9(16(21)28)5-10(7-11)17-22-3-4-29-17/h1-8H,(H2,21,28)(H,23,25)(H,24,27). The van der Waals surface area contributed by atoms with Crippen LogP contribution in [0.5, 0.6) is 0 Å². The van der Waals surface area contributed by atoms with Gasteiger partial charge in [-0.15, -0.1) is 10.2 Å². The van der Waals surface area contributed by atoms with Crippen molar-refractivity contribution in [1.29, 1.82) is 0 Å². The average molecular weight is 438 g/mol. The molecule has 11 heteroatoms. The van der Waals surface area contributed by atoms with Crippen molar-refractivity contribution in [2.75, 3.05) is 5.32 Å². The number of amides is 1. The summed E-state index contributed by atoms with van der Waals surface area (Å²) in [6.45, 7) is 0. The minimum Gasteiger partial charge on any atom is -0.445 e. The molecule has 0 aliphatic heterocycles. The second-order valence-corrected chi connectivity index (χ2v) is 7.65. The number of fused-ring (bicyclic) bond motifs is 1. The zero-order valence-corrected chi connectivity index (χ0v) is 16.7. The maximum Gasteiger partial charge on any atom is 0.248 e. The molecule has 0 aliphatic rings. The fraction of sp³-hybridized carbons (Fsp3) is 0. The number of hydrogen-bond donors (Lipinski definition) is 3. The molecule has 0 spiro atoms. The minimum absolute atomic E-state index is 0.318. The highest BCUT2D eigenvalue weighted by Crippen LogP contribution is 2.35. The first-order valence-corrected chi connectivity index (χ1v) is 9.85. The van der Waals surface area contributed by atoms with Gasteiger partial charge in [0.05, 0.1) is 28.6 Å². The van der Waals surface area contributed by atoms with Crippen LogP contribution >= 0.6 is 22.9 Å². The highest BCUT2D eigenvalue weighted by Gasteiger charge is 2.15. The van der Waals surface area contributed by atoms with E-state index in [2.05, 4.69) is 30.7 Å². The summed E-state index contributed by atoms with van der Waals surface area (Å²) in [6, 6.07) is 8.80. The molecule has 0 aliphatic carbocycles. The van der Waals surface area contributed by atoms with Gasteiger partial charge < -0.3 is 15.5 Å². The zero-order valence-electron chi connectivity index (χ0n) is 15.1. The second kappa shape index (κ2) is 7.25. The molecule has 5 aromatic rings. The molecule has 0 saturated heterocycles. The number of carbonyl (C=O) groups is 1. The van der Waals surface area contributed by atoms with Crippen molar-refractivity contribution in [2.24, 2.45) is 5.73 Å². The van der Waals surface area contributed by atoms with Gasteiger partial charge in [-0.3, -0.25) is 9.89 Å². The van der Waals surface area contributed by atoms with Gasteiger partial charge in [0.15, 0.2) is 0 Å². The molecule has 9 nitrogen and oxygen atoms in total. The summed E-state index contributed by atoms with van der Waals surface area (Å²) in [5, 5.41) is 20.9. The predicted octanol–water partition coefficient (Wildman–Crippen LogP) is 4.23. The molecular formula is C19H12ClN7O2S. The fourth-order valence-electron chi connectivity index (χ4n) is 2.97. The third-order valence-electron chi connectivity index (χ3n) is 4.37. The molecule has 5 rings (SSSR count). The van der Waals surface area contributed by atoms with Gasteiger partial charge in [0.1, 0.15) is 11.3 Å². The van der Waals surface area contributed by atoms with E-state index in [-0.39, 0.29) is 0 Å². The monoisotopic (exact) mass is 437 g/mol. The number of aromatic amines is 1. The Labute approximate surface area is 177 Å². The van der Waals surface area contributed by atoms with Crippen molar-refractivity contribution >= 4 is 50.6 Å². The Balaban J connectivity index is 1.50. The molecule has 30 heavy (non-hydrogen) atoms. The highest BCUT2D eigenvalue weighted by atomic mass is 35.5. The third kappa shape index (κ3) is 3.27. The summed E-state index contributed by atoms with van der Waals surface area (Å²) < 4.78 is 5.34. The molecule has 0 atom stereocenters. The lowest BCUT2D eigenvalue weighted by molar-refractivity contribution is 0.100. The topological polar surface area (TPSA) is 136 Å². The molecule has 0 saturated carbocycles. The number of hydrogen-bond acceptors (Lipinski definition) is 8. The first kappa shape index (κ1) is 18.3. The van der Waals surface area contributed by atoms with Crippen LogP contribution in [-0.4, -0.2) is 31.3 Å². The quantitative estimate of drug-likeness (QED) is 0.374. The Hall–Kier alpha value is -3.76. The zero-order chi connectivity index (χ0) is 20.7. The molecule has 148 valence electrons. The van der Waals surface area contributed by atoms with E-state index in [0.29, 0.717) is 43.4 Å². The number of H-pyrrole nitrogens is 1. The number of aromatic nitrogens is 5. The predicted molar refractivity (Wildman–Crippen MR) is 114 cm³/mol. The summed E-state index contributed by atoms with van der Waals surface area (Å²) in [6.07, 6.45) is 4.65. The summed E-state index contributed by atoms with van der Waals surface area (Å²) in [7, 11) is 0. The van der Waals surface area contributed by atoms with E-state index in [9.17, 15) is 4.79 Å². The lowest BCUT2D eigenvalue weighted by atomic mass is 10.1. The third-order valence-corrected chi connectivity index (χ3v) is 5.66. The van der Waals surface area contributed by atoms with E-state index in [1.54, 1.807) is 18.3 Å². The van der Waals surface area contributed by atoms with Crippen LogP contribution in [0.15, 0.2) is 53.4 Å². The number of halogens is 1. The molecular weight excluding hydrogens is 426 g/mol. The summed E-state index contributed by atoms with van der Waals surface area (Å²) in [5.74, 6) is -0.185. The maximum atomic E-state index is 11.8. The van der Waals surface area contributed by atoms with Gasteiger partial charge in [-0.05, 0) is 30.3 Å². The van der Waals surface area contributed by atoms with Crippen molar-refractivity contribution in [3.05, 3.63) is 59.6 Å². The Morgan fingerprint density at radius 1 is 1.20 bits per heavy atom. The molecule has 0 fully saturated rings. The number of benzene rings is 2. The lowest BCUT2D eigenvalue weighted by Crippen LogP contribution is -2.11. The van der Waals surface area contributed by atoms with E-state index in [0.717, 1.165) is 10.9 Å². The van der Waals surface area contributed by atoms with Crippen LogP contribution < -0.4 is 11.1 Å². The van der Waals surface area contributed by atoms with Gasteiger partial charge >= 0.3 is 0 Å². The van der Waals surface area contributed by atoms with Gasteiger partial charge in [-0.1, -0.05) is 22.9 Å². The van der Waals surface area contributed by atoms with Crippen LogP contribution in [0.25, 0.3) is 32.9 Å². The van der Waals surface area contributed by atoms with Crippen molar-refractivity contribution in [1.82, 2.24) is 25.4 Å². The normalized spacial score (nSPS) is 11.1. The maximum absolute atomic E-state index is 11.8. The van der Waals surface area contributed by atoms with Gasteiger partial charge in [0, 0.05) is 22.1 Å². The minimum atomic E-state index is -0.562. The molecule has 0 unspecified atom stereocenters. The van der Waals surface area contributed by atoms with Crippen molar-refractivity contribution in [2.45, 2.75) is 0 Å². The Morgan fingerprint density at radius 2 is 2.07 bits per heavy atom. The number of nitrogens with one attached hydrogen (secondary N) is 2. The number of primary amides is 1. The number of oxazole rings is 1. The van der Waals surface area contributed by atoms with E-state index in [4.69, 9.17) is 21.8 Å². The summed E-state index contributed by atoms with van der Waals surface area (Å²) >= 11 is 7.76. The van der Waals surface area contributed by atoms with E-state index in [1.165, 1.54) is 23.8 Å². The molecule has 3 heterocycles. The first-order chi connectivity index (χ1) is 14.6. The van der Waals surface area contributed by atoms with Gasteiger partial charge in [-0.2, -0.15) is 5.10 Å². The highest BCUT2D eigenvalue weighted by molar-refractivity contribution is 7.18. The molecule has 0 radical (unpaired) electrons. The fourth-order valence-corrected chi connectivity index (χ4v) is 3.97. The van der Waals surface area contributed by atoms with Crippen LogP contribution in [0.1, 0.15) is 10.4 Å². The molecule has 3 aromatic heterocycles. The van der Waals surface area contributed by atoms with E-state index >= 15 is 0 Å². The van der Waals surface area contributed by atoms with Crippen LogP contribution in [0, 0.1) is 0 Å². The van der Waals surface area contributed by atoms with Crippen molar-refractivity contribution in [3.8, 4) is 22.0 Å². The first-order valence-electron chi connectivity index (χ1n) is 8.66. The summed E-state index contributed by atoms with van der Waals surface area (Å²) in [5.41, 5.74) is 8.61. The molecule has 0 bridgehead atoms. The number of anilines is 2. The Kier molecular flexibility index (Phi) is 4.42. The Bertz CT molecular complexity index is 1380. The smallest absolute Gasteiger partial charge is 0.248 e. The van der Waals surface area contributed by atoms with Gasteiger partial charge in [0.2, 0.25) is 16.9 Å². The SMILES string of the molecule is NC(=O)c1cc(-c2ncco2)cc(-c2nnc(Nc3ccc4[nH]ncc4c3Cl)s2)c1. The number of nitrogens with zero attached hydrogens (tertiary/aromatic N) is 4. The van der Waals surface area contributed by atoms with Crippen LogP contribution in [0.3, 0.4) is 0 Å². The van der Waals surface area contributed by atoms with Gasteiger partial charge in [-0.25, -0.2) is 4.98 Å². The molecule has 4 N–H and O–H groups in total. The Morgan fingerprint density at radius 3 is 2.87 bits per heavy atom. The van der Waals surface area contributed by atoms with Crippen LogP contribution in [0.2, 0.25) is 5.02 Å². The lowest BCUT2D eigenvalue weighted by Gasteiger charge is -2.05. The largest absolute Gasteiger partial charge is 0.445 e. The number of nitrogens with two attached hydrogens (primary N) is 1. The molecule has 1 amide bonds. The van der Waals surface area contributed by atoms with Crippen molar-refractivity contribution < 1.29 is 9.21 Å². The van der Waals surface area contributed by atoms with E-state index in [1.807, 2.05) is 18.2 Å². The second-order valence-electron chi connectivity index (χ2n) is 6.30. The van der Waals surface area contributed by atoms with Crippen LogP contribution in [0.4, 0.5) is 10.8 Å². The summed E-state index contributed by atoms with van der Waals surface area (Å²) in [4.78, 5) is 15.9. The van der Waals surface area contributed by atoms with Crippen molar-refractivity contribution in [3.63, 3.8) is 0 Å².